The van der Waals surface area contributed by atoms with Crippen LogP contribution in [0.2, 0.25) is 0 Å². The fraction of sp³-hybridized carbons (Fsp3) is 0.462. The van der Waals surface area contributed by atoms with Crippen LogP contribution in [0.1, 0.15) is 37.1 Å². The van der Waals surface area contributed by atoms with Crippen LogP contribution in [0.15, 0.2) is 55.0 Å². The van der Waals surface area contributed by atoms with Crippen molar-refractivity contribution in [3.63, 3.8) is 0 Å². The van der Waals surface area contributed by atoms with E-state index in [-0.39, 0.29) is 46.6 Å². The summed E-state index contributed by atoms with van der Waals surface area (Å²) >= 11 is 1.92. The van der Waals surface area contributed by atoms with Crippen LogP contribution in [0.5, 0.6) is 0 Å². The smallest absolute Gasteiger partial charge is 0.412 e. The minimum atomic E-state index is -0.0476. The predicted molar refractivity (Wildman–Crippen MR) is 149 cm³/mol. The summed E-state index contributed by atoms with van der Waals surface area (Å²) in [5.74, 6) is 1.07. The zero-order chi connectivity index (χ0) is 26.3. The monoisotopic (exact) mass is 608 g/mol. The molecule has 216 valence electrons. The van der Waals surface area contributed by atoms with Crippen molar-refractivity contribution in [2.45, 2.75) is 49.4 Å². The van der Waals surface area contributed by atoms with Gasteiger partial charge in [0.15, 0.2) is 0 Å². The number of carbonyl (C=O) groups excluding carboxylic acids is 2. The van der Waals surface area contributed by atoms with Gasteiger partial charge in [-0.15, -0.1) is 0 Å². The number of nitrogens with zero attached hydrogens (tertiary/aromatic N) is 3. The standard InChI is InChI=1S/C26H34N6O2S.Cu.O2.H2O/c33-24(10-2-1-9-23-25-22(19-35-23)30-26(34)31-25)29-15-18-32(16-11-20-7-3-5-13-27-20)17-12-21-8-4-6-14-28-21;;1-2;/h3-8,11,13-14,16,22-23,25H,1-2,9-10,12,15,17-19H2,(H,29,33)(H2,30,31,34);;;1H2/q;+1;;/p+1/b16-11+;;;/t22-,23-,25-;;;/m0.../s1. The van der Waals surface area contributed by atoms with Gasteiger partial charge in [-0.1, -0.05) is 18.6 Å². The van der Waals surface area contributed by atoms with E-state index in [4.69, 9.17) is 9.93 Å². The Bertz CT molecular complexity index is 1010. The number of unbranched alkanes of at least 4 members (excludes halogenated alkanes) is 1. The number of hydrogen-bond donors (Lipinski definition) is 3. The molecule has 0 bridgehead atoms. The number of aromatic nitrogens is 2. The van der Waals surface area contributed by atoms with Gasteiger partial charge in [-0.3, -0.25) is 14.8 Å². The van der Waals surface area contributed by atoms with Gasteiger partial charge < -0.3 is 26.3 Å². The third kappa shape index (κ3) is 11.7. The van der Waals surface area contributed by atoms with Crippen molar-refractivity contribution in [2.75, 3.05) is 25.4 Å². The molecule has 0 saturated carbocycles. The van der Waals surface area contributed by atoms with Crippen LogP contribution in [-0.2, 0) is 28.3 Å². The van der Waals surface area contributed by atoms with Crippen molar-refractivity contribution in [3.05, 3.63) is 71.3 Å². The largest absolute Gasteiger partial charge is 1.00 e. The van der Waals surface area contributed by atoms with Crippen LogP contribution in [0, 0.1) is 4.96 Å². The van der Waals surface area contributed by atoms with Crippen molar-refractivity contribution in [1.82, 2.24) is 30.8 Å². The Morgan fingerprint density at radius 1 is 1.10 bits per heavy atom. The number of carbonyl (C=O) groups is 2. The molecule has 2 aromatic heterocycles. The van der Waals surface area contributed by atoms with Gasteiger partial charge in [0, 0.05) is 72.7 Å². The first-order valence-electron chi connectivity index (χ1n) is 12.5. The first-order chi connectivity index (χ1) is 18.2. The van der Waals surface area contributed by atoms with E-state index in [1.807, 2.05) is 66.6 Å². The van der Waals surface area contributed by atoms with E-state index in [0.29, 0.717) is 18.2 Å². The first kappa shape index (κ1) is 34.0. The molecule has 2 saturated heterocycles. The summed E-state index contributed by atoms with van der Waals surface area (Å²) in [7, 11) is 0. The zero-order valence-electron chi connectivity index (χ0n) is 21.6. The van der Waals surface area contributed by atoms with E-state index in [1.54, 1.807) is 6.20 Å². The Balaban J connectivity index is 0.00000186. The van der Waals surface area contributed by atoms with Crippen molar-refractivity contribution >= 4 is 29.8 Å². The molecule has 2 aliphatic rings. The molecule has 0 aromatic carbocycles. The van der Waals surface area contributed by atoms with E-state index in [0.717, 1.165) is 55.9 Å². The maximum atomic E-state index is 12.4. The molecule has 2 aliphatic heterocycles. The number of hydrogen-bond acceptors (Lipinski definition) is 7. The second kappa shape index (κ2) is 19.1. The molecule has 13 heteroatoms. The van der Waals surface area contributed by atoms with Gasteiger partial charge in [0.05, 0.1) is 17.8 Å². The van der Waals surface area contributed by atoms with E-state index in [1.165, 1.54) is 0 Å². The van der Waals surface area contributed by atoms with Gasteiger partial charge >= 0.3 is 23.1 Å². The van der Waals surface area contributed by atoms with Crippen molar-refractivity contribution in [3.8, 4) is 0 Å². The molecule has 0 unspecified atom stereocenters. The summed E-state index contributed by atoms with van der Waals surface area (Å²) in [5.41, 5.74) is 1.95. The van der Waals surface area contributed by atoms with Crippen LogP contribution >= 0.6 is 11.8 Å². The van der Waals surface area contributed by atoms with Crippen molar-refractivity contribution < 1.29 is 37.1 Å². The number of rotatable bonds is 13. The van der Waals surface area contributed by atoms with Crippen LogP contribution in [0.4, 0.5) is 4.79 Å². The summed E-state index contributed by atoms with van der Waals surface area (Å²) in [6.07, 6.45) is 11.9. The Kier molecular flexibility index (Phi) is 16.7. The summed E-state index contributed by atoms with van der Waals surface area (Å²) in [6.45, 7) is 2.12. The van der Waals surface area contributed by atoms with Gasteiger partial charge in [0.2, 0.25) is 10.9 Å². The van der Waals surface area contributed by atoms with Crippen LogP contribution in [0.25, 0.3) is 6.08 Å². The summed E-state index contributed by atoms with van der Waals surface area (Å²) < 4.78 is 0. The molecule has 39 heavy (non-hydrogen) atoms. The second-order valence-corrected chi connectivity index (χ2v) is 10.2. The number of thioether (sulfide) groups is 1. The van der Waals surface area contributed by atoms with E-state index >= 15 is 0 Å². The normalized spacial score (nSPS) is 18.9. The number of urea groups is 1. The minimum Gasteiger partial charge on any atom is -0.412 e. The third-order valence-electron chi connectivity index (χ3n) is 6.33. The summed E-state index contributed by atoms with van der Waals surface area (Å²) in [6, 6.07) is 12.2. The Labute approximate surface area is 243 Å². The van der Waals surface area contributed by atoms with Gasteiger partial charge in [-0.05, 0) is 43.2 Å². The summed E-state index contributed by atoms with van der Waals surface area (Å²) in [5, 5.41) is 9.51. The maximum absolute atomic E-state index is 12.4. The molecule has 4 rings (SSSR count). The molecule has 4 heterocycles. The Morgan fingerprint density at radius 2 is 1.87 bits per heavy atom. The average Bonchev–Trinajstić information content (AvgIpc) is 3.49. The molecule has 2 fully saturated rings. The number of pyridine rings is 2. The van der Waals surface area contributed by atoms with E-state index in [2.05, 4.69) is 30.8 Å². The first-order valence-corrected chi connectivity index (χ1v) is 13.6. The SMILES string of the molecule is O.O=C(CCCC[C@@H]1SC[C@@H]2NC(=O)N[C@@H]21)NCCN(/C=C/c1ccccn1)CCc1ccccn1.O=[OH+].[Cu+]. The van der Waals surface area contributed by atoms with Gasteiger partial charge in [0.25, 0.3) is 0 Å². The topological polar surface area (TPSA) is 169 Å². The van der Waals surface area contributed by atoms with Gasteiger partial charge in [0.1, 0.15) is 0 Å². The minimum absolute atomic E-state index is 0. The van der Waals surface area contributed by atoms with E-state index < -0.39 is 0 Å². The predicted octanol–water partition coefficient (Wildman–Crippen LogP) is 1.86. The van der Waals surface area contributed by atoms with Crippen LogP contribution in [-0.4, -0.2) is 80.0 Å². The van der Waals surface area contributed by atoms with Gasteiger partial charge in [-0.2, -0.15) is 11.8 Å². The third-order valence-corrected chi connectivity index (χ3v) is 7.84. The summed E-state index contributed by atoms with van der Waals surface area (Å²) in [4.78, 5) is 47.8. The maximum Gasteiger partial charge on any atom is 1.00 e. The fourth-order valence-corrected chi connectivity index (χ4v) is 5.97. The second-order valence-electron chi connectivity index (χ2n) is 8.89. The molecule has 0 radical (unpaired) electrons. The Hall–Kier alpha value is -2.99. The molecule has 6 N–H and O–H groups in total. The molecule has 0 spiro atoms. The Morgan fingerprint density at radius 3 is 2.59 bits per heavy atom. The van der Waals surface area contributed by atoms with Crippen LogP contribution < -0.4 is 16.0 Å². The van der Waals surface area contributed by atoms with Crippen LogP contribution in [0.3, 0.4) is 0 Å². The fourth-order valence-electron chi connectivity index (χ4n) is 4.42. The quantitative estimate of drug-likeness (QED) is 0.135. The van der Waals surface area contributed by atoms with Crippen molar-refractivity contribution in [1.29, 1.82) is 0 Å². The molecule has 11 nitrogen and oxygen atoms in total. The molecule has 2 aromatic rings. The van der Waals surface area contributed by atoms with E-state index in [9.17, 15) is 9.59 Å². The van der Waals surface area contributed by atoms with Crippen molar-refractivity contribution in [2.24, 2.45) is 0 Å². The molecule has 3 amide bonds. The average molecular weight is 609 g/mol. The molecular formula is C26H37CuN6O5S+2. The number of fused-ring (bicyclic) bond motifs is 1. The zero-order valence-corrected chi connectivity index (χ0v) is 23.4. The van der Waals surface area contributed by atoms with Gasteiger partial charge in [-0.25, -0.2) is 4.79 Å². The molecule has 0 aliphatic carbocycles. The molecule has 3 atom stereocenters. The number of nitrogens with one attached hydrogen (secondary N) is 3. The molecular weight excluding hydrogens is 572 g/mol. The number of amides is 3.